The Labute approximate surface area is 142 Å². The Morgan fingerprint density at radius 3 is 2.58 bits per heavy atom. The molecule has 1 heterocycles. The lowest BCUT2D eigenvalue weighted by atomic mass is 9.73. The summed E-state index contributed by atoms with van der Waals surface area (Å²) in [7, 11) is 3.22. The van der Waals surface area contributed by atoms with Crippen molar-refractivity contribution in [2.75, 3.05) is 20.8 Å². The molecule has 5 heteroatoms. The van der Waals surface area contributed by atoms with E-state index in [0.717, 1.165) is 37.0 Å². The number of ether oxygens (including phenoxy) is 2. The fraction of sp³-hybridized carbons (Fsp3) is 0.474. The first-order valence-electron chi connectivity index (χ1n) is 8.25. The van der Waals surface area contributed by atoms with E-state index in [1.54, 1.807) is 14.2 Å². The molecule has 0 radical (unpaired) electrons. The summed E-state index contributed by atoms with van der Waals surface area (Å²) in [6.07, 6.45) is 9.49. The topological polar surface area (TPSA) is 51.1 Å². The average Bonchev–Trinajstić information content (AvgIpc) is 2.63. The fourth-order valence-corrected chi connectivity index (χ4v) is 3.67. The highest BCUT2D eigenvalue weighted by molar-refractivity contribution is 6.07. The summed E-state index contributed by atoms with van der Waals surface area (Å²) in [5, 5.41) is 6.04. The second kappa shape index (κ2) is 6.96. The molecule has 2 aliphatic rings. The molecule has 0 bridgehead atoms. The van der Waals surface area contributed by atoms with Crippen LogP contribution in [-0.4, -0.2) is 37.4 Å². The molecule has 24 heavy (non-hydrogen) atoms. The zero-order valence-electron chi connectivity index (χ0n) is 14.1. The van der Waals surface area contributed by atoms with Crippen LogP contribution in [0.4, 0.5) is 0 Å². The molecular formula is C19H22N2O3. The van der Waals surface area contributed by atoms with Gasteiger partial charge in [0.25, 0.3) is 0 Å². The van der Waals surface area contributed by atoms with Gasteiger partial charge in [0, 0.05) is 17.4 Å². The van der Waals surface area contributed by atoms with Crippen molar-refractivity contribution in [2.24, 2.45) is 16.9 Å². The first-order chi connectivity index (χ1) is 11.7. The molecule has 0 unspecified atom stereocenters. The number of rotatable bonds is 4. The number of carbonyl (C=O) groups excluding carboxylic acids is 1. The second-order valence-electron chi connectivity index (χ2n) is 6.15. The van der Waals surface area contributed by atoms with Crippen molar-refractivity contribution >= 4 is 11.6 Å². The number of methoxy groups -OCH3 is 2. The van der Waals surface area contributed by atoms with Gasteiger partial charge in [-0.2, -0.15) is 5.10 Å². The maximum Gasteiger partial charge on any atom is 0.247 e. The smallest absolute Gasteiger partial charge is 0.247 e. The second-order valence-corrected chi connectivity index (χ2v) is 6.15. The van der Waals surface area contributed by atoms with E-state index in [1.807, 2.05) is 18.2 Å². The molecule has 5 nitrogen and oxygen atoms in total. The molecule has 1 aliphatic carbocycles. The standard InChI is InChI=1S/C19H22N2O3/c1-4-11-21-19(22)15-8-6-5-7-14(15)18(20-21)13-9-10-16(23-2)17(12-13)24-3/h1,9-10,12,14-15H,5-8,11H2,2-3H3/t14-,15+/m1/s1. The molecule has 1 aromatic rings. The Bertz CT molecular complexity index is 705. The van der Waals surface area contributed by atoms with Crippen molar-refractivity contribution in [1.82, 2.24) is 5.01 Å². The van der Waals surface area contributed by atoms with Crippen molar-refractivity contribution in [2.45, 2.75) is 25.7 Å². The lowest BCUT2D eigenvalue weighted by Gasteiger charge is -2.38. The third-order valence-corrected chi connectivity index (χ3v) is 4.84. The summed E-state index contributed by atoms with van der Waals surface area (Å²) in [5.41, 5.74) is 1.88. The van der Waals surface area contributed by atoms with E-state index in [9.17, 15) is 4.79 Å². The highest BCUT2D eigenvalue weighted by Gasteiger charge is 2.41. The van der Waals surface area contributed by atoms with Crippen LogP contribution < -0.4 is 9.47 Å². The predicted octanol–water partition coefficient (Wildman–Crippen LogP) is 2.69. The maximum absolute atomic E-state index is 12.6. The zero-order valence-corrected chi connectivity index (χ0v) is 14.1. The van der Waals surface area contributed by atoms with Crippen LogP contribution in [-0.2, 0) is 4.79 Å². The Morgan fingerprint density at radius 2 is 1.92 bits per heavy atom. The number of amides is 1. The van der Waals surface area contributed by atoms with Gasteiger partial charge < -0.3 is 9.47 Å². The van der Waals surface area contributed by atoms with Crippen LogP contribution in [0.2, 0.25) is 0 Å². The molecule has 1 aliphatic heterocycles. The van der Waals surface area contributed by atoms with Crippen LogP contribution in [0.5, 0.6) is 11.5 Å². The van der Waals surface area contributed by atoms with Crippen LogP contribution >= 0.6 is 0 Å². The minimum absolute atomic E-state index is 0.0207. The Balaban J connectivity index is 2.04. The van der Waals surface area contributed by atoms with Gasteiger partial charge in [-0.25, -0.2) is 5.01 Å². The summed E-state index contributed by atoms with van der Waals surface area (Å²) in [4.78, 5) is 12.6. The number of hydrogen-bond acceptors (Lipinski definition) is 4. The van der Waals surface area contributed by atoms with E-state index in [4.69, 9.17) is 15.9 Å². The van der Waals surface area contributed by atoms with Crippen LogP contribution in [0, 0.1) is 24.2 Å². The number of hydrazone groups is 1. The molecule has 3 rings (SSSR count). The number of hydrogen-bond donors (Lipinski definition) is 0. The molecule has 1 aromatic carbocycles. The number of nitrogens with zero attached hydrogens (tertiary/aromatic N) is 2. The molecule has 126 valence electrons. The van der Waals surface area contributed by atoms with Gasteiger partial charge in [-0.15, -0.1) is 6.42 Å². The first kappa shape index (κ1) is 16.4. The lowest BCUT2D eigenvalue weighted by molar-refractivity contribution is -0.138. The predicted molar refractivity (Wildman–Crippen MR) is 92.1 cm³/mol. The minimum Gasteiger partial charge on any atom is -0.493 e. The maximum atomic E-state index is 12.6. The van der Waals surface area contributed by atoms with Crippen molar-refractivity contribution in [1.29, 1.82) is 0 Å². The van der Waals surface area contributed by atoms with Gasteiger partial charge in [0.2, 0.25) is 5.91 Å². The van der Waals surface area contributed by atoms with Crippen LogP contribution in [0.15, 0.2) is 23.3 Å². The normalized spacial score (nSPS) is 23.1. The molecule has 0 spiro atoms. The summed E-state index contributed by atoms with van der Waals surface area (Å²) >= 11 is 0. The zero-order chi connectivity index (χ0) is 17.1. The Hall–Kier alpha value is -2.48. The van der Waals surface area contributed by atoms with E-state index in [-0.39, 0.29) is 24.3 Å². The molecule has 0 aromatic heterocycles. The quantitative estimate of drug-likeness (QED) is 0.799. The average molecular weight is 326 g/mol. The van der Waals surface area contributed by atoms with Crippen LogP contribution in [0.3, 0.4) is 0 Å². The van der Waals surface area contributed by atoms with Gasteiger partial charge in [-0.1, -0.05) is 18.8 Å². The molecule has 0 saturated heterocycles. The highest BCUT2D eigenvalue weighted by Crippen LogP contribution is 2.38. The summed E-state index contributed by atoms with van der Waals surface area (Å²) < 4.78 is 10.7. The van der Waals surface area contributed by atoms with Gasteiger partial charge in [-0.3, -0.25) is 4.79 Å². The summed E-state index contributed by atoms with van der Waals surface area (Å²) in [5.74, 6) is 4.05. The van der Waals surface area contributed by atoms with Crippen molar-refractivity contribution in [3.8, 4) is 23.8 Å². The number of benzene rings is 1. The number of carbonyl (C=O) groups is 1. The highest BCUT2D eigenvalue weighted by atomic mass is 16.5. The van der Waals surface area contributed by atoms with E-state index in [2.05, 4.69) is 11.0 Å². The Morgan fingerprint density at radius 1 is 1.21 bits per heavy atom. The third kappa shape index (κ3) is 2.84. The number of terminal acetylenes is 1. The monoisotopic (exact) mass is 326 g/mol. The van der Waals surface area contributed by atoms with Gasteiger partial charge in [-0.05, 0) is 31.0 Å². The molecular weight excluding hydrogens is 304 g/mol. The molecule has 1 saturated carbocycles. The van der Waals surface area contributed by atoms with Crippen LogP contribution in [0.25, 0.3) is 0 Å². The molecule has 1 fully saturated rings. The van der Waals surface area contributed by atoms with Gasteiger partial charge in [0.05, 0.1) is 19.9 Å². The Kier molecular flexibility index (Phi) is 4.75. The van der Waals surface area contributed by atoms with E-state index < -0.39 is 0 Å². The number of fused-ring (bicyclic) bond motifs is 1. The molecule has 1 amide bonds. The van der Waals surface area contributed by atoms with Gasteiger partial charge >= 0.3 is 0 Å². The van der Waals surface area contributed by atoms with Crippen molar-refractivity contribution in [3.05, 3.63) is 23.8 Å². The third-order valence-electron chi connectivity index (χ3n) is 4.84. The largest absolute Gasteiger partial charge is 0.493 e. The molecule has 2 atom stereocenters. The first-order valence-corrected chi connectivity index (χ1v) is 8.25. The SMILES string of the molecule is C#CCN1N=C(c2ccc(OC)c(OC)c2)[C@@H]2CCCC[C@@H]2C1=O. The van der Waals surface area contributed by atoms with Crippen molar-refractivity contribution in [3.63, 3.8) is 0 Å². The summed E-state index contributed by atoms with van der Waals surface area (Å²) in [6, 6.07) is 5.76. The van der Waals surface area contributed by atoms with Crippen molar-refractivity contribution < 1.29 is 14.3 Å². The van der Waals surface area contributed by atoms with Gasteiger partial charge in [0.1, 0.15) is 6.54 Å². The fourth-order valence-electron chi connectivity index (χ4n) is 3.67. The lowest BCUT2D eigenvalue weighted by Crippen LogP contribution is -2.46. The summed E-state index contributed by atoms with van der Waals surface area (Å²) in [6.45, 7) is 0.207. The van der Waals surface area contributed by atoms with Crippen LogP contribution in [0.1, 0.15) is 31.2 Å². The minimum atomic E-state index is -0.0207. The van der Waals surface area contributed by atoms with E-state index >= 15 is 0 Å². The van der Waals surface area contributed by atoms with Gasteiger partial charge in [0.15, 0.2) is 11.5 Å². The molecule has 0 N–H and O–H groups in total. The van der Waals surface area contributed by atoms with E-state index in [0.29, 0.717) is 11.5 Å². The van der Waals surface area contributed by atoms with E-state index in [1.165, 1.54) is 5.01 Å².